The van der Waals surface area contributed by atoms with Gasteiger partial charge in [0.05, 0.1) is 11.6 Å². The third kappa shape index (κ3) is 2.84. The minimum atomic E-state index is -0.814. The first kappa shape index (κ1) is 14.6. The van der Waals surface area contributed by atoms with E-state index in [1.54, 1.807) is 4.90 Å². The molecule has 1 saturated heterocycles. The molecule has 0 saturated carbocycles. The molecule has 1 aromatic heterocycles. The summed E-state index contributed by atoms with van der Waals surface area (Å²) < 4.78 is 1.82. The molecular formula is C14H21N3O3. The van der Waals surface area contributed by atoms with Gasteiger partial charge in [0.2, 0.25) is 5.91 Å². The number of aliphatic carboxylic acids is 1. The number of carboxylic acid groups (broad SMARTS) is 1. The number of nitrogens with zero attached hydrogens (tertiary/aromatic N) is 3. The number of amides is 1. The molecule has 110 valence electrons. The van der Waals surface area contributed by atoms with Gasteiger partial charge in [-0.25, -0.2) is 0 Å². The number of carbonyl (C=O) groups is 2. The number of hydrogen-bond donors (Lipinski definition) is 1. The van der Waals surface area contributed by atoms with E-state index in [0.29, 0.717) is 25.9 Å². The van der Waals surface area contributed by atoms with Crippen molar-refractivity contribution in [1.82, 2.24) is 14.7 Å². The van der Waals surface area contributed by atoms with Crippen molar-refractivity contribution in [3.05, 3.63) is 17.5 Å². The van der Waals surface area contributed by atoms with Crippen molar-refractivity contribution in [2.45, 2.75) is 46.2 Å². The molecule has 0 aromatic carbocycles. The summed E-state index contributed by atoms with van der Waals surface area (Å²) in [5, 5.41) is 13.4. The van der Waals surface area contributed by atoms with Gasteiger partial charge in [-0.15, -0.1) is 0 Å². The van der Waals surface area contributed by atoms with Gasteiger partial charge in [0.15, 0.2) is 0 Å². The quantitative estimate of drug-likeness (QED) is 0.899. The predicted octanol–water partition coefficient (Wildman–Crippen LogP) is 1.21. The van der Waals surface area contributed by atoms with Gasteiger partial charge < -0.3 is 10.0 Å². The standard InChI is InChI=1S/C14H21N3O3/c1-9-8-10(2)17(15-9)7-5-13(18)16-6-4-12(11(16)3)14(19)20/h8,11-12H,4-7H2,1-3H3,(H,19,20). The van der Waals surface area contributed by atoms with Crippen molar-refractivity contribution in [3.8, 4) is 0 Å². The van der Waals surface area contributed by atoms with E-state index in [4.69, 9.17) is 5.11 Å². The number of carboxylic acids is 1. The Bertz CT molecular complexity index is 524. The second kappa shape index (κ2) is 5.64. The molecular weight excluding hydrogens is 258 g/mol. The second-order valence-electron chi connectivity index (χ2n) is 5.46. The summed E-state index contributed by atoms with van der Waals surface area (Å²) in [6.45, 7) is 6.77. The van der Waals surface area contributed by atoms with E-state index in [2.05, 4.69) is 5.10 Å². The van der Waals surface area contributed by atoms with Crippen LogP contribution < -0.4 is 0 Å². The molecule has 0 spiro atoms. The zero-order valence-corrected chi connectivity index (χ0v) is 12.2. The molecule has 0 radical (unpaired) electrons. The number of likely N-dealkylation sites (tertiary alicyclic amines) is 1. The fraction of sp³-hybridized carbons (Fsp3) is 0.643. The van der Waals surface area contributed by atoms with Crippen molar-refractivity contribution in [3.63, 3.8) is 0 Å². The third-order valence-electron chi connectivity index (χ3n) is 4.03. The highest BCUT2D eigenvalue weighted by atomic mass is 16.4. The number of hydrogen-bond acceptors (Lipinski definition) is 3. The van der Waals surface area contributed by atoms with Gasteiger partial charge in [-0.05, 0) is 33.3 Å². The van der Waals surface area contributed by atoms with Crippen LogP contribution in [0.25, 0.3) is 0 Å². The van der Waals surface area contributed by atoms with Crippen LogP contribution in [-0.2, 0) is 16.1 Å². The van der Waals surface area contributed by atoms with E-state index >= 15 is 0 Å². The lowest BCUT2D eigenvalue weighted by Gasteiger charge is -2.23. The van der Waals surface area contributed by atoms with Crippen molar-refractivity contribution in [1.29, 1.82) is 0 Å². The van der Waals surface area contributed by atoms with E-state index in [1.807, 2.05) is 31.5 Å². The predicted molar refractivity (Wildman–Crippen MR) is 73.2 cm³/mol. The monoisotopic (exact) mass is 279 g/mol. The molecule has 1 fully saturated rings. The molecule has 2 heterocycles. The highest BCUT2D eigenvalue weighted by molar-refractivity contribution is 5.79. The molecule has 6 heteroatoms. The van der Waals surface area contributed by atoms with Crippen LogP contribution in [0.5, 0.6) is 0 Å². The smallest absolute Gasteiger partial charge is 0.308 e. The van der Waals surface area contributed by atoms with E-state index < -0.39 is 11.9 Å². The van der Waals surface area contributed by atoms with Crippen LogP contribution in [0.4, 0.5) is 0 Å². The zero-order chi connectivity index (χ0) is 14.9. The Balaban J connectivity index is 1.93. The maximum atomic E-state index is 12.2. The van der Waals surface area contributed by atoms with Crippen LogP contribution in [0, 0.1) is 19.8 Å². The lowest BCUT2D eigenvalue weighted by atomic mass is 10.0. The Morgan fingerprint density at radius 1 is 1.45 bits per heavy atom. The van der Waals surface area contributed by atoms with Crippen molar-refractivity contribution < 1.29 is 14.7 Å². The molecule has 1 aliphatic rings. The van der Waals surface area contributed by atoms with Crippen LogP contribution in [0.3, 0.4) is 0 Å². The van der Waals surface area contributed by atoms with Crippen LogP contribution >= 0.6 is 0 Å². The van der Waals surface area contributed by atoms with Crippen LogP contribution in [-0.4, -0.2) is 44.3 Å². The lowest BCUT2D eigenvalue weighted by Crippen LogP contribution is -2.38. The summed E-state index contributed by atoms with van der Waals surface area (Å²) in [5.41, 5.74) is 1.98. The van der Waals surface area contributed by atoms with Crippen LogP contribution in [0.2, 0.25) is 0 Å². The van der Waals surface area contributed by atoms with Gasteiger partial charge in [-0.1, -0.05) is 0 Å². The number of rotatable bonds is 4. The Kier molecular flexibility index (Phi) is 4.11. The molecule has 2 atom stereocenters. The normalized spacial score (nSPS) is 22.2. The first-order chi connectivity index (χ1) is 9.40. The number of aryl methyl sites for hydroxylation is 3. The topological polar surface area (TPSA) is 75.4 Å². The van der Waals surface area contributed by atoms with Crippen molar-refractivity contribution in [2.75, 3.05) is 6.54 Å². The Labute approximate surface area is 118 Å². The zero-order valence-electron chi connectivity index (χ0n) is 12.2. The third-order valence-corrected chi connectivity index (χ3v) is 4.03. The fourth-order valence-electron chi connectivity index (χ4n) is 2.87. The number of carbonyl (C=O) groups excluding carboxylic acids is 1. The van der Waals surface area contributed by atoms with Crippen molar-refractivity contribution in [2.24, 2.45) is 5.92 Å². The van der Waals surface area contributed by atoms with Crippen LogP contribution in [0.1, 0.15) is 31.2 Å². The minimum Gasteiger partial charge on any atom is -0.481 e. The summed E-state index contributed by atoms with van der Waals surface area (Å²) in [5.74, 6) is -1.24. The van der Waals surface area contributed by atoms with E-state index in [9.17, 15) is 9.59 Å². The Morgan fingerprint density at radius 3 is 2.65 bits per heavy atom. The summed E-state index contributed by atoms with van der Waals surface area (Å²) >= 11 is 0. The summed E-state index contributed by atoms with van der Waals surface area (Å²) in [7, 11) is 0. The molecule has 1 aliphatic heterocycles. The minimum absolute atomic E-state index is 0.00815. The molecule has 1 N–H and O–H groups in total. The fourth-order valence-corrected chi connectivity index (χ4v) is 2.87. The van der Waals surface area contributed by atoms with Gasteiger partial charge in [0.1, 0.15) is 0 Å². The SMILES string of the molecule is Cc1cc(C)n(CCC(=O)N2CCC(C(=O)O)C2C)n1. The maximum absolute atomic E-state index is 12.2. The highest BCUT2D eigenvalue weighted by Crippen LogP contribution is 2.25. The molecule has 0 aliphatic carbocycles. The van der Waals surface area contributed by atoms with E-state index in [-0.39, 0.29) is 11.9 Å². The molecule has 2 rings (SSSR count). The lowest BCUT2D eigenvalue weighted by molar-refractivity contribution is -0.143. The second-order valence-corrected chi connectivity index (χ2v) is 5.46. The highest BCUT2D eigenvalue weighted by Gasteiger charge is 2.37. The van der Waals surface area contributed by atoms with Gasteiger partial charge in [-0.3, -0.25) is 14.3 Å². The number of aromatic nitrogens is 2. The van der Waals surface area contributed by atoms with Gasteiger partial charge in [0, 0.05) is 31.2 Å². The van der Waals surface area contributed by atoms with E-state index in [0.717, 1.165) is 11.4 Å². The first-order valence-corrected chi connectivity index (χ1v) is 6.93. The van der Waals surface area contributed by atoms with Gasteiger partial charge in [-0.2, -0.15) is 5.10 Å². The average molecular weight is 279 g/mol. The Hall–Kier alpha value is -1.85. The van der Waals surface area contributed by atoms with E-state index in [1.165, 1.54) is 0 Å². The maximum Gasteiger partial charge on any atom is 0.308 e. The Morgan fingerprint density at radius 2 is 2.15 bits per heavy atom. The summed E-state index contributed by atoms with van der Waals surface area (Å²) in [6.07, 6.45) is 0.904. The molecule has 1 aromatic rings. The van der Waals surface area contributed by atoms with Gasteiger partial charge >= 0.3 is 5.97 Å². The summed E-state index contributed by atoms with van der Waals surface area (Å²) in [4.78, 5) is 24.9. The first-order valence-electron chi connectivity index (χ1n) is 6.93. The van der Waals surface area contributed by atoms with Gasteiger partial charge in [0.25, 0.3) is 0 Å². The summed E-state index contributed by atoms with van der Waals surface area (Å²) in [6, 6.07) is 1.75. The van der Waals surface area contributed by atoms with Crippen molar-refractivity contribution >= 4 is 11.9 Å². The molecule has 20 heavy (non-hydrogen) atoms. The molecule has 6 nitrogen and oxygen atoms in total. The molecule has 0 bridgehead atoms. The molecule has 1 amide bonds. The molecule has 2 unspecified atom stereocenters. The van der Waals surface area contributed by atoms with Crippen LogP contribution in [0.15, 0.2) is 6.07 Å². The largest absolute Gasteiger partial charge is 0.481 e. The average Bonchev–Trinajstić information content (AvgIpc) is 2.89.